The van der Waals surface area contributed by atoms with Crippen LogP contribution in [0.15, 0.2) is 23.7 Å². The lowest BCUT2D eigenvalue weighted by Gasteiger charge is -1.92. The summed E-state index contributed by atoms with van der Waals surface area (Å²) in [5, 5.41) is 2.71. The number of hydrogen-bond donors (Lipinski definition) is 1. The lowest BCUT2D eigenvalue weighted by atomic mass is 10.5. The van der Waals surface area contributed by atoms with E-state index in [-0.39, 0.29) is 0 Å². The average molecular weight is 163 g/mol. The van der Waals surface area contributed by atoms with Crippen LogP contribution in [0.2, 0.25) is 0 Å². The van der Waals surface area contributed by atoms with Crippen molar-refractivity contribution in [1.82, 2.24) is 14.6 Å². The van der Waals surface area contributed by atoms with Gasteiger partial charge < -0.3 is 5.73 Å². The molecule has 0 aliphatic rings. The Labute approximate surface area is 67.0 Å². The molecule has 0 amide bonds. The fourth-order valence-electron chi connectivity index (χ4n) is 0.977. The Morgan fingerprint density at radius 1 is 1.58 bits per heavy atom. The first-order chi connectivity index (χ1) is 5.81. The summed E-state index contributed by atoms with van der Waals surface area (Å²) in [7, 11) is 0. The summed E-state index contributed by atoms with van der Waals surface area (Å²) in [6.07, 6.45) is 2.86. The minimum absolute atomic E-state index is 0.325. The van der Waals surface area contributed by atoms with Gasteiger partial charge in [0.1, 0.15) is 11.3 Å². The second-order valence-electron chi connectivity index (χ2n) is 2.25. The average Bonchev–Trinajstić information content (AvgIpc) is 2.46. The molecule has 0 bridgehead atoms. The Morgan fingerprint density at radius 2 is 2.42 bits per heavy atom. The SMILES string of the molecule is Nc1cnc2c(ccn2N=O)n1. The van der Waals surface area contributed by atoms with Gasteiger partial charge in [0.15, 0.2) is 5.65 Å². The molecule has 2 aromatic rings. The molecule has 2 rings (SSSR count). The summed E-state index contributed by atoms with van der Waals surface area (Å²) in [5.74, 6) is 0.325. The number of nitroso groups, excluding NO2 is 1. The predicted octanol–water partition coefficient (Wildman–Crippen LogP) is 0.543. The second kappa shape index (κ2) is 2.26. The van der Waals surface area contributed by atoms with Gasteiger partial charge in [-0.25, -0.2) is 9.97 Å². The first kappa shape index (κ1) is 6.71. The summed E-state index contributed by atoms with van der Waals surface area (Å²) in [6.45, 7) is 0. The van der Waals surface area contributed by atoms with E-state index in [2.05, 4.69) is 15.3 Å². The highest BCUT2D eigenvalue weighted by atomic mass is 16.3. The highest BCUT2D eigenvalue weighted by Crippen LogP contribution is 2.11. The third kappa shape index (κ3) is 0.815. The molecule has 2 N–H and O–H groups in total. The zero-order valence-electron chi connectivity index (χ0n) is 6.01. The Bertz CT molecular complexity index is 434. The third-order valence-electron chi connectivity index (χ3n) is 1.48. The van der Waals surface area contributed by atoms with Crippen LogP contribution in [0.4, 0.5) is 5.82 Å². The van der Waals surface area contributed by atoms with Crippen LogP contribution in [-0.2, 0) is 0 Å². The molecule has 0 unspecified atom stereocenters. The first-order valence-electron chi connectivity index (χ1n) is 3.24. The highest BCUT2D eigenvalue weighted by molar-refractivity contribution is 5.72. The number of rotatable bonds is 1. The number of hydrogen-bond acceptors (Lipinski definition) is 5. The molecule has 0 radical (unpaired) electrons. The van der Waals surface area contributed by atoms with E-state index < -0.39 is 0 Å². The van der Waals surface area contributed by atoms with Gasteiger partial charge in [-0.3, -0.25) is 0 Å². The van der Waals surface area contributed by atoms with Crippen LogP contribution in [-0.4, -0.2) is 14.6 Å². The Balaban J connectivity index is 2.81. The van der Waals surface area contributed by atoms with E-state index in [0.29, 0.717) is 17.0 Å². The van der Waals surface area contributed by atoms with E-state index in [1.807, 2.05) is 0 Å². The first-order valence-corrected chi connectivity index (χ1v) is 3.24. The molecule has 0 saturated heterocycles. The van der Waals surface area contributed by atoms with Crippen LogP contribution in [0.25, 0.3) is 11.2 Å². The number of fused-ring (bicyclic) bond motifs is 1. The van der Waals surface area contributed by atoms with Gasteiger partial charge >= 0.3 is 0 Å². The summed E-state index contributed by atoms with van der Waals surface area (Å²) in [4.78, 5) is 18.0. The number of nitrogens with zero attached hydrogens (tertiary/aromatic N) is 4. The van der Waals surface area contributed by atoms with Crippen LogP contribution in [0.3, 0.4) is 0 Å². The van der Waals surface area contributed by atoms with Crippen LogP contribution >= 0.6 is 0 Å². The van der Waals surface area contributed by atoms with Crippen molar-refractivity contribution in [3.63, 3.8) is 0 Å². The van der Waals surface area contributed by atoms with Crippen molar-refractivity contribution in [2.45, 2.75) is 0 Å². The lowest BCUT2D eigenvalue weighted by Crippen LogP contribution is -1.93. The molecule has 0 atom stereocenters. The quantitative estimate of drug-likeness (QED) is 0.621. The van der Waals surface area contributed by atoms with E-state index in [4.69, 9.17) is 5.73 Å². The highest BCUT2D eigenvalue weighted by Gasteiger charge is 2.02. The maximum atomic E-state index is 10.2. The maximum Gasteiger partial charge on any atom is 0.182 e. The molecule has 2 aromatic heterocycles. The number of aromatic nitrogens is 3. The van der Waals surface area contributed by atoms with Gasteiger partial charge in [-0.2, -0.15) is 4.68 Å². The van der Waals surface area contributed by atoms with Crippen molar-refractivity contribution in [3.8, 4) is 0 Å². The van der Waals surface area contributed by atoms with Crippen LogP contribution in [0.5, 0.6) is 0 Å². The number of anilines is 1. The van der Waals surface area contributed by atoms with Crippen molar-refractivity contribution in [3.05, 3.63) is 23.4 Å². The van der Waals surface area contributed by atoms with E-state index in [0.717, 1.165) is 4.68 Å². The fraction of sp³-hybridized carbons (Fsp3) is 0. The molecule has 60 valence electrons. The molecular formula is C6H5N5O. The molecule has 12 heavy (non-hydrogen) atoms. The molecule has 0 spiro atoms. The van der Waals surface area contributed by atoms with Crippen LogP contribution < -0.4 is 5.73 Å². The van der Waals surface area contributed by atoms with Crippen LogP contribution in [0.1, 0.15) is 0 Å². The molecule has 6 nitrogen and oxygen atoms in total. The standard InChI is InChI=1S/C6H5N5O/c7-5-3-8-6-4(9-5)1-2-11(6)10-12/h1-3H,(H2,7,9). The molecule has 2 heterocycles. The number of nitrogens with two attached hydrogens (primary N) is 1. The Kier molecular flexibility index (Phi) is 1.26. The largest absolute Gasteiger partial charge is 0.382 e. The van der Waals surface area contributed by atoms with E-state index >= 15 is 0 Å². The van der Waals surface area contributed by atoms with Crippen molar-refractivity contribution in [1.29, 1.82) is 0 Å². The summed E-state index contributed by atoms with van der Waals surface area (Å²) >= 11 is 0. The summed E-state index contributed by atoms with van der Waals surface area (Å²) in [5.41, 5.74) is 6.36. The zero-order valence-corrected chi connectivity index (χ0v) is 6.01. The molecule has 0 aliphatic heterocycles. The van der Waals surface area contributed by atoms with Crippen molar-refractivity contribution in [2.75, 3.05) is 5.73 Å². The second-order valence-corrected chi connectivity index (χ2v) is 2.25. The Hall–Kier alpha value is -1.98. The molecule has 0 fully saturated rings. The normalized spacial score (nSPS) is 10.3. The third-order valence-corrected chi connectivity index (χ3v) is 1.48. The van der Waals surface area contributed by atoms with Gasteiger partial charge in [-0.1, -0.05) is 0 Å². The van der Waals surface area contributed by atoms with Crippen molar-refractivity contribution >= 4 is 17.0 Å². The van der Waals surface area contributed by atoms with Gasteiger partial charge in [0.2, 0.25) is 0 Å². The maximum absolute atomic E-state index is 10.2. The van der Waals surface area contributed by atoms with Gasteiger partial charge in [0.05, 0.1) is 11.5 Å². The zero-order chi connectivity index (χ0) is 8.55. The van der Waals surface area contributed by atoms with E-state index in [9.17, 15) is 4.91 Å². The lowest BCUT2D eigenvalue weighted by molar-refractivity contribution is 0.896. The summed E-state index contributed by atoms with van der Waals surface area (Å²) < 4.78 is 1.10. The van der Waals surface area contributed by atoms with Gasteiger partial charge in [0, 0.05) is 6.20 Å². The molecule has 0 saturated carbocycles. The van der Waals surface area contributed by atoms with Crippen molar-refractivity contribution in [2.24, 2.45) is 5.29 Å². The van der Waals surface area contributed by atoms with Gasteiger partial charge in [0.25, 0.3) is 0 Å². The number of nitrogen functional groups attached to an aromatic ring is 1. The molecule has 6 heteroatoms. The monoisotopic (exact) mass is 163 g/mol. The molecule has 0 aliphatic carbocycles. The van der Waals surface area contributed by atoms with E-state index in [1.165, 1.54) is 12.4 Å². The minimum atomic E-state index is 0.325. The minimum Gasteiger partial charge on any atom is -0.382 e. The van der Waals surface area contributed by atoms with Gasteiger partial charge in [-0.15, -0.1) is 4.91 Å². The van der Waals surface area contributed by atoms with Crippen molar-refractivity contribution < 1.29 is 0 Å². The predicted molar refractivity (Wildman–Crippen MR) is 43.1 cm³/mol. The summed E-state index contributed by atoms with van der Waals surface area (Å²) in [6, 6.07) is 1.63. The van der Waals surface area contributed by atoms with Gasteiger partial charge in [-0.05, 0) is 6.07 Å². The van der Waals surface area contributed by atoms with Crippen LogP contribution in [0, 0.1) is 4.91 Å². The molecular weight excluding hydrogens is 158 g/mol. The van der Waals surface area contributed by atoms with E-state index in [1.54, 1.807) is 6.07 Å². The molecule has 0 aromatic carbocycles. The Morgan fingerprint density at radius 3 is 3.17 bits per heavy atom. The fourth-order valence-corrected chi connectivity index (χ4v) is 0.977. The topological polar surface area (TPSA) is 86.2 Å². The smallest absolute Gasteiger partial charge is 0.182 e.